The fraction of sp³-hybridized carbons (Fsp3) is 0.273. The van der Waals surface area contributed by atoms with E-state index >= 15 is 0 Å². The van der Waals surface area contributed by atoms with Gasteiger partial charge in [0.1, 0.15) is 0 Å². The lowest BCUT2D eigenvalue weighted by molar-refractivity contribution is -0.136. The number of nitrogens with zero attached hydrogens (tertiary/aromatic N) is 2. The van der Waals surface area contributed by atoms with Crippen LogP contribution in [0.25, 0.3) is 10.9 Å². The minimum absolute atomic E-state index is 0.00998. The van der Waals surface area contributed by atoms with E-state index < -0.39 is 5.97 Å². The summed E-state index contributed by atoms with van der Waals surface area (Å²) in [5, 5.41) is 14.0. The molecule has 0 spiro atoms. The van der Waals surface area contributed by atoms with Crippen LogP contribution in [0, 0.1) is 6.92 Å². The molecule has 4 nitrogen and oxygen atoms in total. The zero-order chi connectivity index (χ0) is 11.0. The largest absolute Gasteiger partial charge is 0.481 e. The van der Waals surface area contributed by atoms with Crippen molar-refractivity contribution in [3.8, 4) is 0 Å². The van der Waals surface area contributed by atoms with Crippen LogP contribution >= 0.6 is 0 Å². The number of rotatable bonds is 2. The molecule has 0 amide bonds. The van der Waals surface area contributed by atoms with Gasteiger partial charge in [0.2, 0.25) is 0 Å². The summed E-state index contributed by atoms with van der Waals surface area (Å²) in [6, 6.07) is 5.85. The fourth-order valence-electron chi connectivity index (χ4n) is 1.72. The number of carboxylic acids is 1. The SMILES string of the molecule is Cc1ccc2c(CC(=O)O)n(C)nc2c1. The van der Waals surface area contributed by atoms with E-state index in [2.05, 4.69) is 5.10 Å². The van der Waals surface area contributed by atoms with E-state index in [-0.39, 0.29) is 6.42 Å². The number of benzene rings is 1. The molecule has 0 aliphatic rings. The Kier molecular flexibility index (Phi) is 2.19. The van der Waals surface area contributed by atoms with Crippen LogP contribution in [-0.2, 0) is 18.3 Å². The molecule has 0 unspecified atom stereocenters. The van der Waals surface area contributed by atoms with Crippen molar-refractivity contribution in [2.75, 3.05) is 0 Å². The summed E-state index contributed by atoms with van der Waals surface area (Å²) in [5.41, 5.74) is 2.73. The first-order chi connectivity index (χ1) is 7.08. The topological polar surface area (TPSA) is 55.1 Å². The number of hydrogen-bond donors (Lipinski definition) is 1. The van der Waals surface area contributed by atoms with E-state index in [4.69, 9.17) is 5.11 Å². The van der Waals surface area contributed by atoms with E-state index in [0.29, 0.717) is 0 Å². The van der Waals surface area contributed by atoms with Crippen molar-refractivity contribution in [3.05, 3.63) is 29.5 Å². The van der Waals surface area contributed by atoms with Gasteiger partial charge >= 0.3 is 5.97 Å². The van der Waals surface area contributed by atoms with Gasteiger partial charge in [0.15, 0.2) is 0 Å². The molecule has 0 saturated carbocycles. The highest BCUT2D eigenvalue weighted by Crippen LogP contribution is 2.19. The average molecular weight is 204 g/mol. The van der Waals surface area contributed by atoms with E-state index in [1.165, 1.54) is 0 Å². The molecule has 1 N–H and O–H groups in total. The lowest BCUT2D eigenvalue weighted by atomic mass is 10.1. The second-order valence-corrected chi connectivity index (χ2v) is 3.66. The van der Waals surface area contributed by atoms with Crippen LogP contribution in [0.1, 0.15) is 11.3 Å². The number of aryl methyl sites for hydroxylation is 2. The first kappa shape index (κ1) is 9.71. The second-order valence-electron chi connectivity index (χ2n) is 3.66. The summed E-state index contributed by atoms with van der Waals surface area (Å²) < 4.78 is 1.64. The summed E-state index contributed by atoms with van der Waals surface area (Å²) in [5.74, 6) is -0.833. The molecule has 0 fully saturated rings. The molecule has 0 atom stereocenters. The Hall–Kier alpha value is -1.84. The van der Waals surface area contributed by atoms with Crippen LogP contribution in [-0.4, -0.2) is 20.9 Å². The minimum Gasteiger partial charge on any atom is -0.481 e. The number of carboxylic acid groups (broad SMARTS) is 1. The monoisotopic (exact) mass is 204 g/mol. The lowest BCUT2D eigenvalue weighted by Gasteiger charge is -1.97. The molecule has 0 aliphatic carbocycles. The van der Waals surface area contributed by atoms with Gasteiger partial charge in [0, 0.05) is 12.4 Å². The predicted octanol–water partition coefficient (Wildman–Crippen LogP) is 1.51. The maximum atomic E-state index is 10.7. The maximum Gasteiger partial charge on any atom is 0.309 e. The maximum absolute atomic E-state index is 10.7. The van der Waals surface area contributed by atoms with Gasteiger partial charge < -0.3 is 5.11 Å². The Morgan fingerprint density at radius 1 is 1.53 bits per heavy atom. The van der Waals surface area contributed by atoms with Gasteiger partial charge in [-0.15, -0.1) is 0 Å². The quantitative estimate of drug-likeness (QED) is 0.806. The summed E-state index contributed by atoms with van der Waals surface area (Å²) in [4.78, 5) is 10.7. The van der Waals surface area contributed by atoms with Crippen molar-refractivity contribution in [2.45, 2.75) is 13.3 Å². The Labute approximate surface area is 87.1 Å². The average Bonchev–Trinajstić information content (AvgIpc) is 2.41. The number of aromatic nitrogens is 2. The zero-order valence-corrected chi connectivity index (χ0v) is 8.69. The highest BCUT2D eigenvalue weighted by atomic mass is 16.4. The summed E-state index contributed by atoms with van der Waals surface area (Å²) >= 11 is 0. The minimum atomic E-state index is -0.833. The number of hydrogen-bond acceptors (Lipinski definition) is 2. The molecule has 0 saturated heterocycles. The molecule has 2 aromatic rings. The standard InChI is InChI=1S/C11H12N2O2/c1-7-3-4-8-9(5-7)12-13(2)10(8)6-11(14)15/h3-5H,6H2,1-2H3,(H,14,15). The molecule has 15 heavy (non-hydrogen) atoms. The van der Waals surface area contributed by atoms with E-state index in [9.17, 15) is 4.79 Å². The molecule has 4 heteroatoms. The molecule has 1 aromatic heterocycles. The smallest absolute Gasteiger partial charge is 0.309 e. The van der Waals surface area contributed by atoms with Crippen LogP contribution in [0.2, 0.25) is 0 Å². The van der Waals surface area contributed by atoms with Crippen LogP contribution in [0.5, 0.6) is 0 Å². The third kappa shape index (κ3) is 1.70. The highest BCUT2D eigenvalue weighted by Gasteiger charge is 2.11. The normalized spacial score (nSPS) is 10.8. The first-order valence-corrected chi connectivity index (χ1v) is 4.72. The molecular weight excluding hydrogens is 192 g/mol. The molecule has 1 heterocycles. The van der Waals surface area contributed by atoms with Crippen molar-refractivity contribution in [1.82, 2.24) is 9.78 Å². The van der Waals surface area contributed by atoms with Crippen LogP contribution < -0.4 is 0 Å². The van der Waals surface area contributed by atoms with Crippen LogP contribution in [0.4, 0.5) is 0 Å². The highest BCUT2D eigenvalue weighted by molar-refractivity contribution is 5.85. The summed E-state index contributed by atoms with van der Waals surface area (Å²) in [7, 11) is 1.77. The first-order valence-electron chi connectivity index (χ1n) is 4.72. The molecule has 0 radical (unpaired) electrons. The van der Waals surface area contributed by atoms with Gasteiger partial charge in [-0.2, -0.15) is 5.10 Å². The van der Waals surface area contributed by atoms with Crippen molar-refractivity contribution in [2.24, 2.45) is 7.05 Å². The van der Waals surface area contributed by atoms with Crippen LogP contribution in [0.15, 0.2) is 18.2 Å². The van der Waals surface area contributed by atoms with Gasteiger partial charge in [-0.1, -0.05) is 12.1 Å². The second kappa shape index (κ2) is 3.38. The number of fused-ring (bicyclic) bond motifs is 1. The Balaban J connectivity index is 2.63. The number of aliphatic carboxylic acids is 1. The van der Waals surface area contributed by atoms with Crippen molar-refractivity contribution in [1.29, 1.82) is 0 Å². The molecule has 0 aliphatic heterocycles. The molecule has 78 valence electrons. The molecular formula is C11H12N2O2. The molecule has 2 rings (SSSR count). The zero-order valence-electron chi connectivity index (χ0n) is 8.69. The predicted molar refractivity (Wildman–Crippen MR) is 56.8 cm³/mol. The van der Waals surface area contributed by atoms with Crippen molar-refractivity contribution >= 4 is 16.9 Å². The lowest BCUT2D eigenvalue weighted by Crippen LogP contribution is -2.06. The van der Waals surface area contributed by atoms with Gasteiger partial charge in [-0.3, -0.25) is 9.48 Å². The van der Waals surface area contributed by atoms with Crippen molar-refractivity contribution in [3.63, 3.8) is 0 Å². The van der Waals surface area contributed by atoms with Gasteiger partial charge in [-0.05, 0) is 18.6 Å². The fourth-order valence-corrected chi connectivity index (χ4v) is 1.72. The Morgan fingerprint density at radius 2 is 2.27 bits per heavy atom. The van der Waals surface area contributed by atoms with E-state index in [1.54, 1.807) is 11.7 Å². The van der Waals surface area contributed by atoms with Crippen LogP contribution in [0.3, 0.4) is 0 Å². The summed E-state index contributed by atoms with van der Waals surface area (Å²) in [6.07, 6.45) is 0.00998. The Morgan fingerprint density at radius 3 is 2.93 bits per heavy atom. The van der Waals surface area contributed by atoms with Gasteiger partial charge in [-0.25, -0.2) is 0 Å². The van der Waals surface area contributed by atoms with Gasteiger partial charge in [0.25, 0.3) is 0 Å². The third-order valence-electron chi connectivity index (χ3n) is 2.43. The van der Waals surface area contributed by atoms with Gasteiger partial charge in [0.05, 0.1) is 17.6 Å². The van der Waals surface area contributed by atoms with E-state index in [0.717, 1.165) is 22.2 Å². The van der Waals surface area contributed by atoms with E-state index in [1.807, 2.05) is 25.1 Å². The van der Waals surface area contributed by atoms with Crippen molar-refractivity contribution < 1.29 is 9.90 Å². The third-order valence-corrected chi connectivity index (χ3v) is 2.43. The summed E-state index contributed by atoms with van der Waals surface area (Å²) in [6.45, 7) is 1.99. The Bertz CT molecular complexity index is 529. The molecule has 0 bridgehead atoms. The molecule has 1 aromatic carbocycles. The number of carbonyl (C=O) groups is 1.